The van der Waals surface area contributed by atoms with Crippen LogP contribution in [0.25, 0.3) is 0 Å². The summed E-state index contributed by atoms with van der Waals surface area (Å²) in [6, 6.07) is 0. The van der Waals surface area contributed by atoms with Gasteiger partial charge in [0.15, 0.2) is 0 Å². The maximum atomic E-state index is 4.07. The van der Waals surface area contributed by atoms with Gasteiger partial charge < -0.3 is 0 Å². The zero-order valence-corrected chi connectivity index (χ0v) is 10.9. The fraction of sp³-hybridized carbons (Fsp3) is 1.00. The lowest BCUT2D eigenvalue weighted by Crippen LogP contribution is -2.38. The van der Waals surface area contributed by atoms with E-state index in [1.165, 1.54) is 25.7 Å². The number of alkyl halides is 1. The van der Waals surface area contributed by atoms with Crippen molar-refractivity contribution in [2.75, 3.05) is 0 Å². The summed E-state index contributed by atoms with van der Waals surface area (Å²) in [7, 11) is -0.959. The van der Waals surface area contributed by atoms with Crippen LogP contribution < -0.4 is 0 Å². The van der Waals surface area contributed by atoms with Gasteiger partial charge in [-0.05, 0) is 24.7 Å². The second-order valence-electron chi connectivity index (χ2n) is 5.52. The van der Waals surface area contributed by atoms with Crippen LogP contribution in [0.1, 0.15) is 25.7 Å². The van der Waals surface area contributed by atoms with Crippen LogP contribution in [0, 0.1) is 11.8 Å². The minimum absolute atomic E-state index is 0.635. The smallest absolute Gasteiger partial charge is 0.0642 e. The molecule has 2 heteroatoms. The van der Waals surface area contributed by atoms with Crippen molar-refractivity contribution in [3.8, 4) is 0 Å². The Balaban J connectivity index is 2.15. The zero-order chi connectivity index (χ0) is 8.98. The minimum atomic E-state index is -0.959. The highest BCUT2D eigenvalue weighted by atomic mass is 79.9. The molecular weight excluding hydrogens is 228 g/mol. The van der Waals surface area contributed by atoms with E-state index in [9.17, 15) is 0 Å². The van der Waals surface area contributed by atoms with E-state index in [0.29, 0.717) is 3.95 Å². The van der Waals surface area contributed by atoms with Gasteiger partial charge in [-0.1, -0.05) is 48.4 Å². The molecule has 2 fully saturated rings. The Kier molecular flexibility index (Phi) is 2.00. The van der Waals surface area contributed by atoms with Gasteiger partial charge in [-0.2, -0.15) is 0 Å². The molecule has 0 aromatic heterocycles. The van der Waals surface area contributed by atoms with Crippen LogP contribution in [0.2, 0.25) is 19.6 Å². The van der Waals surface area contributed by atoms with E-state index < -0.39 is 8.07 Å². The molecule has 0 heterocycles. The summed E-state index contributed by atoms with van der Waals surface area (Å²) in [5.74, 6) is 2.11. The van der Waals surface area contributed by atoms with Crippen LogP contribution in [0.5, 0.6) is 0 Å². The average molecular weight is 247 g/mol. The standard InChI is InChI=1S/C10H19BrSi/c1-12(2,3)10(11)8-6-4-5-7-9(8)10/h8-9H,4-7H2,1-3H3/t8-,9+,10?. The molecule has 2 aliphatic rings. The highest BCUT2D eigenvalue weighted by Gasteiger charge is 2.68. The first-order valence-electron chi connectivity index (χ1n) is 5.17. The van der Waals surface area contributed by atoms with Crippen LogP contribution in [0.3, 0.4) is 0 Å². The second kappa shape index (κ2) is 2.60. The third-order valence-electron chi connectivity index (χ3n) is 3.89. The highest BCUT2D eigenvalue weighted by molar-refractivity contribution is 9.10. The molecule has 0 radical (unpaired) electrons. The van der Waals surface area contributed by atoms with Gasteiger partial charge in [0.05, 0.1) is 8.07 Å². The second-order valence-corrected chi connectivity index (χ2v) is 12.9. The third-order valence-corrected chi connectivity index (χ3v) is 11.7. The molecule has 70 valence electrons. The van der Waals surface area contributed by atoms with Crippen molar-refractivity contribution in [1.29, 1.82) is 0 Å². The molecule has 2 rings (SSSR count). The summed E-state index contributed by atoms with van der Waals surface area (Å²) in [4.78, 5) is 0. The van der Waals surface area contributed by atoms with E-state index in [-0.39, 0.29) is 0 Å². The van der Waals surface area contributed by atoms with Crippen LogP contribution >= 0.6 is 15.9 Å². The van der Waals surface area contributed by atoms with Crippen LogP contribution in [0.4, 0.5) is 0 Å². The maximum Gasteiger partial charge on any atom is 0.0642 e. The fourth-order valence-corrected chi connectivity index (χ4v) is 6.96. The van der Waals surface area contributed by atoms with Gasteiger partial charge in [0.1, 0.15) is 0 Å². The number of halogens is 1. The normalized spacial score (nSPS) is 47.0. The number of hydrogen-bond donors (Lipinski definition) is 0. The summed E-state index contributed by atoms with van der Waals surface area (Å²) >= 11 is 4.07. The predicted molar refractivity (Wildman–Crippen MR) is 60.5 cm³/mol. The van der Waals surface area contributed by atoms with Gasteiger partial charge in [-0.25, -0.2) is 0 Å². The van der Waals surface area contributed by atoms with Crippen LogP contribution in [-0.4, -0.2) is 12.0 Å². The van der Waals surface area contributed by atoms with Crippen molar-refractivity contribution in [3.63, 3.8) is 0 Å². The first-order valence-corrected chi connectivity index (χ1v) is 9.46. The van der Waals surface area contributed by atoms with Gasteiger partial charge >= 0.3 is 0 Å². The lowest BCUT2D eigenvalue weighted by Gasteiger charge is -2.25. The van der Waals surface area contributed by atoms with E-state index in [2.05, 4.69) is 35.6 Å². The van der Waals surface area contributed by atoms with Gasteiger partial charge in [0.25, 0.3) is 0 Å². The molecule has 0 aliphatic heterocycles. The molecule has 0 saturated heterocycles. The third kappa shape index (κ3) is 1.07. The van der Waals surface area contributed by atoms with Crippen LogP contribution in [0.15, 0.2) is 0 Å². The van der Waals surface area contributed by atoms with Crippen molar-refractivity contribution in [3.05, 3.63) is 0 Å². The molecule has 0 bridgehead atoms. The predicted octanol–water partition coefficient (Wildman–Crippen LogP) is 3.82. The Labute approximate surface area is 85.3 Å². The molecule has 1 unspecified atom stereocenters. The molecule has 0 spiro atoms. The largest absolute Gasteiger partial charge is 0.0883 e. The molecular formula is C10H19BrSi. The molecule has 2 aliphatic carbocycles. The van der Waals surface area contributed by atoms with Gasteiger partial charge in [-0.3, -0.25) is 0 Å². The Morgan fingerprint density at radius 2 is 1.50 bits per heavy atom. The number of fused-ring (bicyclic) bond motifs is 1. The SMILES string of the molecule is C[Si](C)(C)C1(Br)[C@@H]2CCCC[C@@H]21. The molecule has 12 heavy (non-hydrogen) atoms. The van der Waals surface area contributed by atoms with Crippen molar-refractivity contribution in [1.82, 2.24) is 0 Å². The number of hydrogen-bond acceptors (Lipinski definition) is 0. The Morgan fingerprint density at radius 3 is 1.83 bits per heavy atom. The molecule has 2 saturated carbocycles. The van der Waals surface area contributed by atoms with Gasteiger partial charge in [-0.15, -0.1) is 0 Å². The Morgan fingerprint density at radius 1 is 1.08 bits per heavy atom. The molecule has 0 aromatic rings. The Bertz CT molecular complexity index is 183. The number of rotatable bonds is 1. The first-order chi connectivity index (χ1) is 5.48. The lowest BCUT2D eigenvalue weighted by atomic mass is 10.0. The first kappa shape index (κ1) is 9.26. The van der Waals surface area contributed by atoms with Crippen LogP contribution in [-0.2, 0) is 0 Å². The topological polar surface area (TPSA) is 0 Å². The van der Waals surface area contributed by atoms with E-state index >= 15 is 0 Å². The van der Waals surface area contributed by atoms with Crippen molar-refractivity contribution >= 4 is 24.0 Å². The molecule has 0 N–H and O–H groups in total. The summed E-state index contributed by atoms with van der Waals surface area (Å²) in [5, 5.41) is 0. The van der Waals surface area contributed by atoms with Gasteiger partial charge in [0.2, 0.25) is 0 Å². The maximum absolute atomic E-state index is 4.07. The van der Waals surface area contributed by atoms with Crippen molar-refractivity contribution < 1.29 is 0 Å². The zero-order valence-electron chi connectivity index (χ0n) is 8.36. The summed E-state index contributed by atoms with van der Waals surface area (Å²) in [5.41, 5.74) is 0. The average Bonchev–Trinajstić information content (AvgIpc) is 2.59. The highest BCUT2D eigenvalue weighted by Crippen LogP contribution is 2.67. The molecule has 0 amide bonds. The molecule has 0 aromatic carbocycles. The Hall–Kier alpha value is 0.697. The van der Waals surface area contributed by atoms with E-state index in [1.54, 1.807) is 0 Å². The molecule has 0 nitrogen and oxygen atoms in total. The lowest BCUT2D eigenvalue weighted by molar-refractivity contribution is 0.480. The molecule has 3 atom stereocenters. The van der Waals surface area contributed by atoms with E-state index in [0.717, 1.165) is 11.8 Å². The van der Waals surface area contributed by atoms with E-state index in [4.69, 9.17) is 0 Å². The summed E-state index contributed by atoms with van der Waals surface area (Å²) in [6.07, 6.45) is 5.97. The van der Waals surface area contributed by atoms with Crippen molar-refractivity contribution in [2.24, 2.45) is 11.8 Å². The van der Waals surface area contributed by atoms with Gasteiger partial charge in [0, 0.05) is 3.95 Å². The van der Waals surface area contributed by atoms with Crippen molar-refractivity contribution in [2.45, 2.75) is 49.3 Å². The fourth-order valence-electron chi connectivity index (χ4n) is 3.16. The summed E-state index contributed by atoms with van der Waals surface area (Å²) in [6.45, 7) is 7.54. The summed E-state index contributed by atoms with van der Waals surface area (Å²) < 4.78 is 0.635. The monoisotopic (exact) mass is 246 g/mol. The minimum Gasteiger partial charge on any atom is -0.0883 e. The quantitative estimate of drug-likeness (QED) is 0.488. The van der Waals surface area contributed by atoms with E-state index in [1.807, 2.05) is 0 Å².